The first-order valence-corrected chi connectivity index (χ1v) is 8.87. The largest absolute Gasteiger partial charge is 0.497 e. The fourth-order valence-electron chi connectivity index (χ4n) is 2.51. The Labute approximate surface area is 160 Å². The number of anilines is 1. The summed E-state index contributed by atoms with van der Waals surface area (Å²) < 4.78 is 10.4. The highest BCUT2D eigenvalue weighted by Crippen LogP contribution is 2.37. The number of esters is 1. The minimum absolute atomic E-state index is 0.279. The molecule has 5 nitrogen and oxygen atoms in total. The van der Waals surface area contributed by atoms with E-state index in [2.05, 4.69) is 0 Å². The van der Waals surface area contributed by atoms with Crippen molar-refractivity contribution >= 4 is 51.9 Å². The summed E-state index contributed by atoms with van der Waals surface area (Å²) in [6, 6.07) is 14.1. The number of nitrogens with zero attached hydrogens (tertiary/aromatic N) is 1. The number of thiocarbonyl (C=S) groups is 1. The Morgan fingerprint density at radius 1 is 1.15 bits per heavy atom. The standard InChI is InChI=1S/C19H15NO4S2/c1-23-13-7-5-6-12(10-13)11-16-17(21)20(19(25)26-16)15-9-4-3-8-14(15)18(22)24-2/h3-11H,1-2H3/b16-11-. The number of hydrogen-bond donors (Lipinski definition) is 0. The van der Waals surface area contributed by atoms with Gasteiger partial charge in [0.25, 0.3) is 5.91 Å². The molecule has 1 aliphatic heterocycles. The summed E-state index contributed by atoms with van der Waals surface area (Å²) in [6.45, 7) is 0. The molecule has 7 heteroatoms. The second kappa shape index (κ2) is 7.72. The molecule has 0 spiro atoms. The van der Waals surface area contributed by atoms with Crippen LogP contribution in [-0.2, 0) is 9.53 Å². The van der Waals surface area contributed by atoms with Crippen molar-refractivity contribution in [2.24, 2.45) is 0 Å². The van der Waals surface area contributed by atoms with Gasteiger partial charge in [-0.3, -0.25) is 9.69 Å². The summed E-state index contributed by atoms with van der Waals surface area (Å²) >= 11 is 6.56. The summed E-state index contributed by atoms with van der Waals surface area (Å²) in [5.41, 5.74) is 1.52. The van der Waals surface area contributed by atoms with E-state index in [1.165, 1.54) is 23.8 Å². The second-order valence-electron chi connectivity index (χ2n) is 5.30. The fourth-order valence-corrected chi connectivity index (χ4v) is 3.79. The molecule has 26 heavy (non-hydrogen) atoms. The summed E-state index contributed by atoms with van der Waals surface area (Å²) in [7, 11) is 2.88. The molecule has 3 rings (SSSR count). The lowest BCUT2D eigenvalue weighted by atomic mass is 10.1. The molecule has 0 atom stereocenters. The lowest BCUT2D eigenvalue weighted by Crippen LogP contribution is -2.29. The molecule has 1 saturated heterocycles. The normalized spacial score (nSPS) is 15.5. The quantitative estimate of drug-likeness (QED) is 0.452. The van der Waals surface area contributed by atoms with Gasteiger partial charge in [0.2, 0.25) is 0 Å². The highest BCUT2D eigenvalue weighted by molar-refractivity contribution is 8.27. The first kappa shape index (κ1) is 18.2. The molecule has 0 unspecified atom stereocenters. The van der Waals surface area contributed by atoms with E-state index in [4.69, 9.17) is 21.7 Å². The van der Waals surface area contributed by atoms with Crippen molar-refractivity contribution in [2.45, 2.75) is 0 Å². The molecule has 1 fully saturated rings. The molecule has 1 heterocycles. The zero-order valence-corrected chi connectivity index (χ0v) is 15.7. The number of thioether (sulfide) groups is 1. The van der Waals surface area contributed by atoms with E-state index >= 15 is 0 Å². The van der Waals surface area contributed by atoms with Gasteiger partial charge in [0, 0.05) is 0 Å². The third-order valence-corrected chi connectivity index (χ3v) is 5.04. The zero-order valence-electron chi connectivity index (χ0n) is 14.1. The van der Waals surface area contributed by atoms with Crippen molar-refractivity contribution in [3.63, 3.8) is 0 Å². The van der Waals surface area contributed by atoms with Gasteiger partial charge in [0.05, 0.1) is 30.4 Å². The van der Waals surface area contributed by atoms with E-state index in [9.17, 15) is 9.59 Å². The molecule has 0 saturated carbocycles. The predicted octanol–water partition coefficient (Wildman–Crippen LogP) is 3.89. The molecule has 1 aliphatic rings. The highest BCUT2D eigenvalue weighted by Gasteiger charge is 2.35. The Hall–Kier alpha value is -2.64. The monoisotopic (exact) mass is 385 g/mol. The van der Waals surface area contributed by atoms with Crippen molar-refractivity contribution in [3.05, 3.63) is 64.6 Å². The Bertz CT molecular complexity index is 923. The molecule has 1 amide bonds. The summed E-state index contributed by atoms with van der Waals surface area (Å²) in [4.78, 5) is 26.7. The van der Waals surface area contributed by atoms with Crippen molar-refractivity contribution in [2.75, 3.05) is 19.1 Å². The lowest BCUT2D eigenvalue weighted by Gasteiger charge is -2.17. The Balaban J connectivity index is 1.98. The van der Waals surface area contributed by atoms with Crippen LogP contribution in [0.2, 0.25) is 0 Å². The lowest BCUT2D eigenvalue weighted by molar-refractivity contribution is -0.113. The summed E-state index contributed by atoms with van der Waals surface area (Å²) in [5.74, 6) is -0.101. The molecule has 2 aromatic carbocycles. The minimum atomic E-state index is -0.522. The molecular formula is C19H15NO4S2. The predicted molar refractivity (Wildman–Crippen MR) is 106 cm³/mol. The van der Waals surface area contributed by atoms with Crippen LogP contribution in [0.4, 0.5) is 5.69 Å². The minimum Gasteiger partial charge on any atom is -0.497 e. The fraction of sp³-hybridized carbons (Fsp3) is 0.105. The molecule has 0 bridgehead atoms. The van der Waals surface area contributed by atoms with Gasteiger partial charge in [-0.1, -0.05) is 48.2 Å². The Morgan fingerprint density at radius 2 is 1.92 bits per heavy atom. The average Bonchev–Trinajstić information content (AvgIpc) is 2.94. The van der Waals surface area contributed by atoms with Crippen LogP contribution in [0.15, 0.2) is 53.4 Å². The maximum atomic E-state index is 12.9. The number of carbonyl (C=O) groups excluding carboxylic acids is 2. The molecule has 0 aromatic heterocycles. The van der Waals surface area contributed by atoms with Crippen LogP contribution in [0.5, 0.6) is 5.75 Å². The number of hydrogen-bond acceptors (Lipinski definition) is 6. The zero-order chi connectivity index (χ0) is 18.7. The number of benzene rings is 2. The first-order valence-electron chi connectivity index (χ1n) is 7.64. The van der Waals surface area contributed by atoms with Crippen molar-refractivity contribution in [3.8, 4) is 5.75 Å². The smallest absolute Gasteiger partial charge is 0.339 e. The van der Waals surface area contributed by atoms with Gasteiger partial charge in [-0.2, -0.15) is 0 Å². The van der Waals surface area contributed by atoms with Crippen LogP contribution in [0.3, 0.4) is 0 Å². The maximum Gasteiger partial charge on any atom is 0.339 e. The number of rotatable bonds is 4. The van der Waals surface area contributed by atoms with E-state index in [1.807, 2.05) is 24.3 Å². The Morgan fingerprint density at radius 3 is 2.65 bits per heavy atom. The van der Waals surface area contributed by atoms with Crippen LogP contribution in [-0.4, -0.2) is 30.4 Å². The Kier molecular flexibility index (Phi) is 5.39. The van der Waals surface area contributed by atoms with Crippen LogP contribution in [0, 0.1) is 0 Å². The van der Waals surface area contributed by atoms with Crippen LogP contribution >= 0.6 is 24.0 Å². The van der Waals surface area contributed by atoms with E-state index < -0.39 is 5.97 Å². The molecule has 0 radical (unpaired) electrons. The van der Waals surface area contributed by atoms with Crippen LogP contribution in [0.1, 0.15) is 15.9 Å². The van der Waals surface area contributed by atoms with E-state index in [0.29, 0.717) is 20.7 Å². The summed E-state index contributed by atoms with van der Waals surface area (Å²) in [6.07, 6.45) is 1.75. The first-order chi connectivity index (χ1) is 12.5. The topological polar surface area (TPSA) is 55.8 Å². The maximum absolute atomic E-state index is 12.9. The van der Waals surface area contributed by atoms with Gasteiger partial charge in [0.15, 0.2) is 4.32 Å². The highest BCUT2D eigenvalue weighted by atomic mass is 32.2. The van der Waals surface area contributed by atoms with E-state index in [-0.39, 0.29) is 11.5 Å². The van der Waals surface area contributed by atoms with Gasteiger partial charge >= 0.3 is 5.97 Å². The average molecular weight is 385 g/mol. The number of para-hydroxylation sites is 1. The number of carbonyl (C=O) groups is 2. The third-order valence-electron chi connectivity index (χ3n) is 3.74. The van der Waals surface area contributed by atoms with Crippen molar-refractivity contribution in [1.29, 1.82) is 0 Å². The number of amides is 1. The molecule has 0 aliphatic carbocycles. The molecular weight excluding hydrogens is 370 g/mol. The van der Waals surface area contributed by atoms with Crippen molar-refractivity contribution in [1.82, 2.24) is 0 Å². The molecule has 0 N–H and O–H groups in total. The van der Waals surface area contributed by atoms with Gasteiger partial charge in [-0.25, -0.2) is 4.79 Å². The summed E-state index contributed by atoms with van der Waals surface area (Å²) in [5, 5.41) is 0. The SMILES string of the molecule is COC(=O)c1ccccc1N1C(=O)/C(=C/c2cccc(OC)c2)SC1=S. The number of methoxy groups -OCH3 is 2. The van der Waals surface area contributed by atoms with E-state index in [1.54, 1.807) is 37.5 Å². The molecule has 132 valence electrons. The van der Waals surface area contributed by atoms with Gasteiger partial charge < -0.3 is 9.47 Å². The number of ether oxygens (including phenoxy) is 2. The second-order valence-corrected chi connectivity index (χ2v) is 6.98. The third kappa shape index (κ3) is 3.49. The van der Waals surface area contributed by atoms with Gasteiger partial charge in [-0.15, -0.1) is 0 Å². The van der Waals surface area contributed by atoms with Crippen LogP contribution in [0.25, 0.3) is 6.08 Å². The van der Waals surface area contributed by atoms with Crippen molar-refractivity contribution < 1.29 is 19.1 Å². The van der Waals surface area contributed by atoms with Gasteiger partial charge in [0.1, 0.15) is 5.75 Å². The van der Waals surface area contributed by atoms with E-state index in [0.717, 1.165) is 5.56 Å². The van der Waals surface area contributed by atoms with Gasteiger partial charge in [-0.05, 0) is 35.9 Å². The molecule has 2 aromatic rings. The van der Waals surface area contributed by atoms with Crippen LogP contribution < -0.4 is 9.64 Å².